The second-order valence-corrected chi connectivity index (χ2v) is 22.4. The van der Waals surface area contributed by atoms with Gasteiger partial charge in [0.2, 0.25) is 70.9 Å². The van der Waals surface area contributed by atoms with Crippen molar-refractivity contribution in [2.75, 3.05) is 102 Å². The number of likely N-dealkylation sites (N-methyl/N-ethyl adjacent to an activating group) is 7. The Morgan fingerprint density at radius 2 is 1.18 bits per heavy atom. The lowest BCUT2D eigenvalue weighted by atomic mass is 9.93. The molecule has 0 bridgehead atoms. The molecule has 5 unspecified atom stereocenters. The Bertz CT molecular complexity index is 2230. The summed E-state index contributed by atoms with van der Waals surface area (Å²) in [6.07, 6.45) is 2.73. The Hall–Kier alpha value is -6.40. The van der Waals surface area contributed by atoms with Gasteiger partial charge in [-0.1, -0.05) is 47.0 Å². The maximum Gasteiger partial charge on any atom is 0.248 e. The van der Waals surface area contributed by atoms with E-state index >= 15 is 0 Å². The van der Waals surface area contributed by atoms with E-state index in [1.54, 1.807) is 11.8 Å². The molecule has 12 amide bonds. The molecule has 4 aliphatic rings. The average molecular weight is 1100 g/mol. The van der Waals surface area contributed by atoms with E-state index in [-0.39, 0.29) is 38.1 Å². The smallest absolute Gasteiger partial charge is 0.248 e. The number of amides is 12. The van der Waals surface area contributed by atoms with Crippen LogP contribution in [0.2, 0.25) is 0 Å². The van der Waals surface area contributed by atoms with E-state index in [2.05, 4.69) is 16.0 Å². The van der Waals surface area contributed by atoms with Crippen molar-refractivity contribution in [1.82, 2.24) is 60.0 Å². The number of aliphatic hydroxyl groups is 1. The normalized spacial score (nSPS) is 26.6. The number of nitrogens with zero attached hydrogens (tertiary/aromatic N) is 9. The molecule has 1 aliphatic carbocycles. The standard InChI is InChI=1S/C53H88N12O13/c1-13-34(4)45-50(76)60(9)32-44(72)59(8)31-43(71)58(7)30-42(70)57(6)29-39(67)54-28-41(69)65-25-19-20-36(65)48(74)56-53(21-15-16-22-53)52(78)63(12)46(35(5)66)51(77)62(11)38(49(75)64-23-17-14-18-24-64)27-40(68)61(10)37(26-33(2)3)47(73)55-45/h33-38,45-46,66H,13-32H2,1-12H3,(H,54,67)(H,55,73)(H,56,74)/t34-,35+,36?,37?,38?,45?,46?/m0/s1. The van der Waals surface area contributed by atoms with Gasteiger partial charge in [0, 0.05) is 69.0 Å². The van der Waals surface area contributed by atoms with E-state index in [0.29, 0.717) is 51.6 Å². The number of fused-ring (bicyclic) bond motifs is 1. The molecule has 7 atom stereocenters. The molecule has 0 aromatic carbocycles. The van der Waals surface area contributed by atoms with Crippen molar-refractivity contribution < 1.29 is 62.6 Å². The van der Waals surface area contributed by atoms with Crippen molar-refractivity contribution in [3.8, 4) is 0 Å². The van der Waals surface area contributed by atoms with Crippen LogP contribution in [0.15, 0.2) is 0 Å². The van der Waals surface area contributed by atoms with Crippen LogP contribution in [0, 0.1) is 11.8 Å². The monoisotopic (exact) mass is 1100 g/mol. The number of likely N-dealkylation sites (tertiary alicyclic amines) is 1. The molecule has 0 aromatic heterocycles. The molecular weight excluding hydrogens is 1010 g/mol. The van der Waals surface area contributed by atoms with E-state index in [9.17, 15) is 62.6 Å². The summed E-state index contributed by atoms with van der Waals surface area (Å²) in [5.74, 6) is -8.54. The summed E-state index contributed by atoms with van der Waals surface area (Å²) in [6, 6.07) is -6.45. The first kappa shape index (κ1) is 64.1. The number of rotatable bonds is 6. The molecule has 1 spiro atoms. The molecule has 0 aromatic rings. The van der Waals surface area contributed by atoms with Crippen LogP contribution in [0.3, 0.4) is 0 Å². The largest absolute Gasteiger partial charge is 0.391 e. The highest BCUT2D eigenvalue weighted by Gasteiger charge is 2.50. The average Bonchev–Trinajstić information content (AvgIpc) is 4.10. The molecular formula is C53H88N12O13. The van der Waals surface area contributed by atoms with E-state index in [1.165, 1.54) is 66.1 Å². The van der Waals surface area contributed by atoms with Crippen molar-refractivity contribution >= 4 is 70.9 Å². The quantitative estimate of drug-likeness (QED) is 0.229. The summed E-state index contributed by atoms with van der Waals surface area (Å²) < 4.78 is 0. The Balaban J connectivity index is 1.75. The molecule has 25 nitrogen and oxygen atoms in total. The third-order valence-corrected chi connectivity index (χ3v) is 15.9. The van der Waals surface area contributed by atoms with E-state index in [0.717, 1.165) is 35.8 Å². The topological polar surface area (TPSA) is 290 Å². The molecule has 1 saturated carbocycles. The summed E-state index contributed by atoms with van der Waals surface area (Å²) in [7, 11) is 9.45. The number of hydrogen-bond donors (Lipinski definition) is 4. The van der Waals surface area contributed by atoms with Crippen LogP contribution in [0.25, 0.3) is 0 Å². The summed E-state index contributed by atoms with van der Waals surface area (Å²) in [6.45, 7) is 7.03. The molecule has 25 heteroatoms. The van der Waals surface area contributed by atoms with Crippen molar-refractivity contribution in [2.24, 2.45) is 11.8 Å². The van der Waals surface area contributed by atoms with Gasteiger partial charge in [-0.15, -0.1) is 0 Å². The number of carbonyl (C=O) groups is 12. The van der Waals surface area contributed by atoms with Gasteiger partial charge in [0.15, 0.2) is 0 Å². The second-order valence-electron chi connectivity index (χ2n) is 22.4. The SMILES string of the molecule is CC[C@H](C)C1NC(=O)C(CC(C)C)N(C)C(=O)CC(C(=O)N2CCCCC2)N(C)C(=O)C([C@@H](C)O)N(C)C(=O)C2(CCCC2)NC(=O)C2CCCN2C(=O)CNC(=O)CN(C)C(=O)CN(C)C(=O)CN(C)C(=O)CN(C)C1=O. The maximum absolute atomic E-state index is 14.9. The van der Waals surface area contributed by atoms with Gasteiger partial charge in [0.1, 0.15) is 35.7 Å². The van der Waals surface area contributed by atoms with Crippen LogP contribution in [0.5, 0.6) is 0 Å². The highest BCUT2D eigenvalue weighted by atomic mass is 16.3. The lowest BCUT2D eigenvalue weighted by Gasteiger charge is -2.41. The number of nitrogens with one attached hydrogen (secondary N) is 3. The molecule has 3 heterocycles. The second kappa shape index (κ2) is 28.5. The summed E-state index contributed by atoms with van der Waals surface area (Å²) in [4.78, 5) is 179. The van der Waals surface area contributed by atoms with Gasteiger partial charge in [0.25, 0.3) is 0 Å². The molecule has 4 rings (SSSR count). The van der Waals surface area contributed by atoms with Crippen molar-refractivity contribution in [3.63, 3.8) is 0 Å². The van der Waals surface area contributed by atoms with Crippen molar-refractivity contribution in [2.45, 2.75) is 154 Å². The lowest BCUT2D eigenvalue weighted by molar-refractivity contribution is -0.158. The minimum atomic E-state index is -1.61. The zero-order chi connectivity index (χ0) is 58.5. The molecule has 3 aliphatic heterocycles. The summed E-state index contributed by atoms with van der Waals surface area (Å²) >= 11 is 0. The van der Waals surface area contributed by atoms with Crippen LogP contribution in [-0.4, -0.2) is 264 Å². The molecule has 78 heavy (non-hydrogen) atoms. The van der Waals surface area contributed by atoms with Gasteiger partial charge >= 0.3 is 0 Å². The minimum Gasteiger partial charge on any atom is -0.391 e. The van der Waals surface area contributed by atoms with E-state index < -0.39 is 158 Å². The van der Waals surface area contributed by atoms with Crippen LogP contribution in [0.1, 0.15) is 112 Å². The van der Waals surface area contributed by atoms with Crippen molar-refractivity contribution in [1.29, 1.82) is 0 Å². The number of aliphatic hydroxyl groups excluding tert-OH is 1. The molecule has 0 radical (unpaired) electrons. The lowest BCUT2D eigenvalue weighted by Crippen LogP contribution is -2.65. The Morgan fingerprint density at radius 1 is 0.628 bits per heavy atom. The fourth-order valence-corrected chi connectivity index (χ4v) is 10.7. The van der Waals surface area contributed by atoms with Gasteiger partial charge in [-0.25, -0.2) is 0 Å². The number of carbonyl (C=O) groups excluding carboxylic acids is 12. The molecule has 3 saturated heterocycles. The zero-order valence-electron chi connectivity index (χ0n) is 48.1. The number of hydrogen-bond acceptors (Lipinski definition) is 13. The van der Waals surface area contributed by atoms with Gasteiger partial charge in [-0.05, 0) is 70.1 Å². The van der Waals surface area contributed by atoms with Crippen LogP contribution in [-0.2, 0) is 57.5 Å². The Morgan fingerprint density at radius 3 is 1.72 bits per heavy atom. The predicted molar refractivity (Wildman–Crippen MR) is 285 cm³/mol. The Labute approximate surface area is 459 Å². The summed E-state index contributed by atoms with van der Waals surface area (Å²) in [5, 5.41) is 19.6. The van der Waals surface area contributed by atoms with Gasteiger partial charge in [-0.2, -0.15) is 0 Å². The molecule has 4 N–H and O–H groups in total. The molecule has 438 valence electrons. The van der Waals surface area contributed by atoms with Crippen LogP contribution >= 0.6 is 0 Å². The van der Waals surface area contributed by atoms with E-state index in [1.807, 2.05) is 20.8 Å². The molecule has 4 fully saturated rings. The van der Waals surface area contributed by atoms with Gasteiger partial charge in [0.05, 0.1) is 45.2 Å². The fourth-order valence-electron chi connectivity index (χ4n) is 10.7. The predicted octanol–water partition coefficient (Wildman–Crippen LogP) is -1.79. The van der Waals surface area contributed by atoms with E-state index in [4.69, 9.17) is 0 Å². The first-order chi connectivity index (χ1) is 36.6. The van der Waals surface area contributed by atoms with Crippen LogP contribution in [0.4, 0.5) is 0 Å². The first-order valence-corrected chi connectivity index (χ1v) is 27.5. The maximum atomic E-state index is 14.9. The summed E-state index contributed by atoms with van der Waals surface area (Å²) in [5.41, 5.74) is -1.55. The highest BCUT2D eigenvalue weighted by Crippen LogP contribution is 2.34. The van der Waals surface area contributed by atoms with Crippen molar-refractivity contribution in [3.05, 3.63) is 0 Å². The van der Waals surface area contributed by atoms with Gasteiger partial charge in [-0.3, -0.25) is 57.5 Å². The Kier molecular flexibility index (Phi) is 23.4. The first-order valence-electron chi connectivity index (χ1n) is 27.5. The highest BCUT2D eigenvalue weighted by molar-refractivity contribution is 6.00. The van der Waals surface area contributed by atoms with Crippen LogP contribution < -0.4 is 16.0 Å². The third kappa shape index (κ3) is 16.1. The fraction of sp³-hybridized carbons (Fsp3) is 0.774. The minimum absolute atomic E-state index is 0.123. The van der Waals surface area contributed by atoms with Gasteiger partial charge < -0.3 is 65.2 Å². The number of piperidine rings is 1. The third-order valence-electron chi connectivity index (χ3n) is 15.9. The zero-order valence-corrected chi connectivity index (χ0v) is 48.1.